The minimum absolute atomic E-state index is 0.197. The Labute approximate surface area is 177 Å². The van der Waals surface area contributed by atoms with Gasteiger partial charge in [0.1, 0.15) is 17.3 Å². The molecule has 162 valence electrons. The number of benzene rings is 2. The van der Waals surface area contributed by atoms with E-state index in [0.717, 1.165) is 35.1 Å². The first-order valence-electron chi connectivity index (χ1n) is 10.3. The molecule has 0 radical (unpaired) electrons. The number of halogens is 1. The van der Waals surface area contributed by atoms with E-state index < -0.39 is 0 Å². The number of nitrogens with zero attached hydrogens (tertiary/aromatic N) is 2. The predicted octanol–water partition coefficient (Wildman–Crippen LogP) is 3.73. The molecular weight excluding hydrogens is 385 g/mol. The van der Waals surface area contributed by atoms with Crippen molar-refractivity contribution >= 4 is 5.96 Å². The van der Waals surface area contributed by atoms with Gasteiger partial charge in [0.2, 0.25) is 0 Å². The number of nitrogens with one attached hydrogen (secondary N) is 1. The van der Waals surface area contributed by atoms with Crippen molar-refractivity contribution in [3.63, 3.8) is 0 Å². The number of hydrogen-bond donors (Lipinski definition) is 1. The van der Waals surface area contributed by atoms with Crippen LogP contribution in [0.1, 0.15) is 30.5 Å². The van der Waals surface area contributed by atoms with E-state index in [4.69, 9.17) is 19.2 Å². The van der Waals surface area contributed by atoms with Gasteiger partial charge in [-0.05, 0) is 55.7 Å². The van der Waals surface area contributed by atoms with Gasteiger partial charge >= 0.3 is 0 Å². The van der Waals surface area contributed by atoms with Crippen molar-refractivity contribution in [3.05, 3.63) is 58.9 Å². The molecule has 0 saturated carbocycles. The number of guanidine groups is 1. The number of aliphatic imine (C=N–C) groups is 1. The number of fused-ring (bicyclic) bond motifs is 1. The highest BCUT2D eigenvalue weighted by Crippen LogP contribution is 2.29. The Morgan fingerprint density at radius 3 is 2.77 bits per heavy atom. The Hall–Kier alpha value is -2.80. The Bertz CT molecular complexity index is 856. The summed E-state index contributed by atoms with van der Waals surface area (Å²) in [5.41, 5.74) is 2.74. The molecule has 1 N–H and O–H groups in total. The molecule has 1 aliphatic heterocycles. The summed E-state index contributed by atoms with van der Waals surface area (Å²) in [4.78, 5) is 6.80. The Morgan fingerprint density at radius 1 is 1.23 bits per heavy atom. The monoisotopic (exact) mass is 415 g/mol. The summed E-state index contributed by atoms with van der Waals surface area (Å²) in [7, 11) is 2.00. The summed E-state index contributed by atoms with van der Waals surface area (Å²) in [6, 6.07) is 11.1. The summed E-state index contributed by atoms with van der Waals surface area (Å²) >= 11 is 0. The fourth-order valence-corrected chi connectivity index (χ4v) is 3.40. The van der Waals surface area contributed by atoms with Crippen molar-refractivity contribution in [2.75, 3.05) is 33.5 Å². The van der Waals surface area contributed by atoms with E-state index in [-0.39, 0.29) is 12.6 Å². The zero-order valence-corrected chi connectivity index (χ0v) is 17.9. The van der Waals surface area contributed by atoms with Crippen LogP contribution in [0.3, 0.4) is 0 Å². The second-order valence-corrected chi connectivity index (χ2v) is 7.08. The Balaban J connectivity index is 1.65. The van der Waals surface area contributed by atoms with E-state index in [1.807, 2.05) is 33.0 Å². The molecule has 0 atom stereocenters. The molecule has 0 aliphatic carbocycles. The second-order valence-electron chi connectivity index (χ2n) is 7.08. The van der Waals surface area contributed by atoms with Gasteiger partial charge in [-0.25, -0.2) is 4.39 Å². The van der Waals surface area contributed by atoms with Gasteiger partial charge in [0.15, 0.2) is 12.8 Å². The third kappa shape index (κ3) is 5.86. The van der Waals surface area contributed by atoms with Crippen LogP contribution in [0.5, 0.6) is 11.5 Å². The maximum absolute atomic E-state index is 13.9. The lowest BCUT2D eigenvalue weighted by Gasteiger charge is -2.23. The van der Waals surface area contributed by atoms with E-state index in [2.05, 4.69) is 22.3 Å². The van der Waals surface area contributed by atoms with Crippen LogP contribution in [-0.2, 0) is 24.3 Å². The third-order valence-corrected chi connectivity index (χ3v) is 4.74. The molecule has 0 unspecified atom stereocenters. The van der Waals surface area contributed by atoms with Crippen molar-refractivity contribution in [2.24, 2.45) is 4.99 Å². The van der Waals surface area contributed by atoms with Crippen molar-refractivity contribution in [3.8, 4) is 11.5 Å². The largest absolute Gasteiger partial charge is 0.494 e. The molecule has 2 aromatic rings. The highest BCUT2D eigenvalue weighted by molar-refractivity contribution is 5.79. The maximum atomic E-state index is 13.9. The van der Waals surface area contributed by atoms with Crippen LogP contribution in [0, 0.1) is 5.82 Å². The molecule has 0 fully saturated rings. The molecule has 2 aromatic carbocycles. The predicted molar refractivity (Wildman–Crippen MR) is 115 cm³/mol. The molecule has 0 spiro atoms. The lowest BCUT2D eigenvalue weighted by atomic mass is 10.1. The average molecular weight is 416 g/mol. The minimum Gasteiger partial charge on any atom is -0.494 e. The molecule has 0 saturated heterocycles. The molecule has 3 rings (SSSR count). The lowest BCUT2D eigenvalue weighted by molar-refractivity contribution is -0.0172. The van der Waals surface area contributed by atoms with Crippen molar-refractivity contribution in [1.29, 1.82) is 0 Å². The van der Waals surface area contributed by atoms with E-state index in [9.17, 15) is 4.39 Å². The number of hydrogen-bond acceptors (Lipinski definition) is 4. The van der Waals surface area contributed by atoms with Crippen molar-refractivity contribution < 1.29 is 18.6 Å². The van der Waals surface area contributed by atoms with Crippen LogP contribution in [0.2, 0.25) is 0 Å². The Kier molecular flexibility index (Phi) is 7.90. The fraction of sp³-hybridized carbons (Fsp3) is 0.435. The zero-order chi connectivity index (χ0) is 21.3. The smallest absolute Gasteiger partial charge is 0.193 e. The number of ether oxygens (including phenoxy) is 3. The third-order valence-electron chi connectivity index (χ3n) is 4.74. The first-order chi connectivity index (χ1) is 14.6. The van der Waals surface area contributed by atoms with Crippen LogP contribution in [0.15, 0.2) is 41.4 Å². The molecule has 7 heteroatoms. The van der Waals surface area contributed by atoms with E-state index in [0.29, 0.717) is 32.7 Å². The van der Waals surface area contributed by atoms with E-state index in [1.165, 1.54) is 17.7 Å². The van der Waals surface area contributed by atoms with Gasteiger partial charge in [-0.2, -0.15) is 0 Å². The van der Waals surface area contributed by atoms with Crippen molar-refractivity contribution in [2.45, 2.75) is 33.4 Å². The van der Waals surface area contributed by atoms with Crippen molar-refractivity contribution in [1.82, 2.24) is 10.2 Å². The van der Waals surface area contributed by atoms with Crippen LogP contribution in [0.25, 0.3) is 0 Å². The van der Waals surface area contributed by atoms with Gasteiger partial charge in [0.25, 0.3) is 0 Å². The summed E-state index contributed by atoms with van der Waals surface area (Å²) in [6.07, 6.45) is 0.589. The average Bonchev–Trinajstić information content (AvgIpc) is 2.74. The van der Waals surface area contributed by atoms with Gasteiger partial charge in [-0.3, -0.25) is 4.99 Å². The molecule has 30 heavy (non-hydrogen) atoms. The molecule has 6 nitrogen and oxygen atoms in total. The maximum Gasteiger partial charge on any atom is 0.193 e. The van der Waals surface area contributed by atoms with Gasteiger partial charge < -0.3 is 24.4 Å². The van der Waals surface area contributed by atoms with Gasteiger partial charge in [0, 0.05) is 32.2 Å². The van der Waals surface area contributed by atoms with Crippen LogP contribution >= 0.6 is 0 Å². The minimum atomic E-state index is -0.277. The SMILES string of the molecule is CCNC(=NCCc1cc(F)cc2c1OCOC2)N(C)Cc1ccc(OCC)cc1. The molecule has 0 amide bonds. The highest BCUT2D eigenvalue weighted by Gasteiger charge is 2.17. The summed E-state index contributed by atoms with van der Waals surface area (Å²) in [5.74, 6) is 2.13. The highest BCUT2D eigenvalue weighted by atomic mass is 19.1. The normalized spacial score (nSPS) is 13.4. The molecule has 1 aliphatic rings. The second kappa shape index (κ2) is 10.8. The lowest BCUT2D eigenvalue weighted by Crippen LogP contribution is -2.38. The Morgan fingerprint density at radius 2 is 2.03 bits per heavy atom. The van der Waals surface area contributed by atoms with Crippen LogP contribution in [-0.4, -0.2) is 44.4 Å². The van der Waals surface area contributed by atoms with E-state index >= 15 is 0 Å². The first-order valence-corrected chi connectivity index (χ1v) is 10.3. The summed E-state index contributed by atoms with van der Waals surface area (Å²) in [6.45, 7) is 7.24. The number of rotatable bonds is 8. The fourth-order valence-electron chi connectivity index (χ4n) is 3.40. The summed E-state index contributed by atoms with van der Waals surface area (Å²) in [5, 5.41) is 3.32. The molecule has 1 heterocycles. The van der Waals surface area contributed by atoms with E-state index in [1.54, 1.807) is 0 Å². The quantitative estimate of drug-likeness (QED) is 0.526. The molecule has 0 aromatic heterocycles. The van der Waals surface area contributed by atoms with Gasteiger partial charge in [0.05, 0.1) is 13.2 Å². The topological polar surface area (TPSA) is 55.3 Å². The molecular formula is C23H30FN3O3. The zero-order valence-electron chi connectivity index (χ0n) is 17.9. The standard InChI is InChI=1S/C23H30FN3O3/c1-4-25-23(27(3)14-17-6-8-21(9-7-17)29-5-2)26-11-10-18-12-20(24)13-19-15-28-16-30-22(18)19/h6-9,12-13H,4-5,10-11,14-16H2,1-3H3,(H,25,26). The van der Waals surface area contributed by atoms with Crippen LogP contribution < -0.4 is 14.8 Å². The summed E-state index contributed by atoms with van der Waals surface area (Å²) < 4.78 is 30.3. The van der Waals surface area contributed by atoms with Gasteiger partial charge in [-0.15, -0.1) is 0 Å². The van der Waals surface area contributed by atoms with Crippen LogP contribution in [0.4, 0.5) is 4.39 Å². The van der Waals surface area contributed by atoms with Gasteiger partial charge in [-0.1, -0.05) is 12.1 Å². The first kappa shape index (κ1) is 21.9. The molecule has 0 bridgehead atoms.